The highest BCUT2D eigenvalue weighted by Crippen LogP contribution is 2.21. The Labute approximate surface area is 89.5 Å². The van der Waals surface area contributed by atoms with Crippen molar-refractivity contribution in [3.05, 3.63) is 18.0 Å². The molecule has 1 atom stereocenters. The average Bonchev–Trinajstić information content (AvgIpc) is 2.21. The van der Waals surface area contributed by atoms with Gasteiger partial charge in [-0.05, 0) is 26.9 Å². The molecule has 1 saturated heterocycles. The van der Waals surface area contributed by atoms with Crippen molar-refractivity contribution in [3.63, 3.8) is 0 Å². The van der Waals surface area contributed by atoms with Crippen molar-refractivity contribution in [1.29, 1.82) is 0 Å². The van der Waals surface area contributed by atoms with Crippen LogP contribution in [-0.4, -0.2) is 41.2 Å². The summed E-state index contributed by atoms with van der Waals surface area (Å²) in [6, 6.07) is 2.12. The molecule has 0 saturated carbocycles. The Bertz CT molecular complexity index is 354. The zero-order chi connectivity index (χ0) is 10.8. The summed E-state index contributed by atoms with van der Waals surface area (Å²) < 4.78 is 5.55. The number of aryl methyl sites for hydroxylation is 1. The molecule has 0 spiro atoms. The van der Waals surface area contributed by atoms with Crippen LogP contribution in [-0.2, 0) is 0 Å². The second-order valence-electron chi connectivity index (χ2n) is 4.01. The van der Waals surface area contributed by atoms with Crippen LogP contribution >= 0.6 is 0 Å². The number of pyridine rings is 1. The first-order valence-electron chi connectivity index (χ1n) is 5.15. The van der Waals surface area contributed by atoms with E-state index in [-0.39, 0.29) is 5.75 Å². The first-order chi connectivity index (χ1) is 7.16. The van der Waals surface area contributed by atoms with Gasteiger partial charge in [0.25, 0.3) is 0 Å². The highest BCUT2D eigenvalue weighted by molar-refractivity contribution is 5.32. The Kier molecular flexibility index (Phi) is 2.77. The summed E-state index contributed by atoms with van der Waals surface area (Å²) in [6.45, 7) is 3.57. The average molecular weight is 208 g/mol. The number of rotatable bonds is 3. The number of ether oxygens (including phenoxy) is 1. The fraction of sp³-hybridized carbons (Fsp3) is 0.545. The maximum absolute atomic E-state index is 9.44. The van der Waals surface area contributed by atoms with Gasteiger partial charge in [0.05, 0.1) is 11.9 Å². The maximum atomic E-state index is 9.44. The number of likely N-dealkylation sites (N-methyl/N-ethyl adjacent to an activating group) is 1. The van der Waals surface area contributed by atoms with Crippen LogP contribution < -0.4 is 4.74 Å². The largest absolute Gasteiger partial charge is 0.506 e. The molecule has 0 radical (unpaired) electrons. The number of hydrogen-bond acceptors (Lipinski definition) is 4. The number of likely N-dealkylation sites (tertiary alicyclic amines) is 1. The first kappa shape index (κ1) is 10.2. The second-order valence-corrected chi connectivity index (χ2v) is 4.01. The fourth-order valence-corrected chi connectivity index (χ4v) is 1.55. The molecule has 1 aromatic heterocycles. The Balaban J connectivity index is 1.90. The van der Waals surface area contributed by atoms with Gasteiger partial charge in [0, 0.05) is 12.1 Å². The van der Waals surface area contributed by atoms with Gasteiger partial charge in [0.1, 0.15) is 18.1 Å². The van der Waals surface area contributed by atoms with Gasteiger partial charge < -0.3 is 9.84 Å². The SMILES string of the molecule is Cc1ncc(OCC2CCN2C)cc1O. The van der Waals surface area contributed by atoms with E-state index < -0.39 is 0 Å². The minimum Gasteiger partial charge on any atom is -0.506 e. The second kappa shape index (κ2) is 4.06. The third kappa shape index (κ3) is 2.21. The molecule has 0 amide bonds. The summed E-state index contributed by atoms with van der Waals surface area (Å²) in [5.74, 6) is 0.827. The fourth-order valence-electron chi connectivity index (χ4n) is 1.55. The molecule has 1 fully saturated rings. The Morgan fingerprint density at radius 2 is 2.47 bits per heavy atom. The van der Waals surface area contributed by atoms with Crippen LogP contribution in [0.25, 0.3) is 0 Å². The molecule has 82 valence electrons. The minimum atomic E-state index is 0.189. The van der Waals surface area contributed by atoms with Crippen molar-refractivity contribution in [1.82, 2.24) is 9.88 Å². The van der Waals surface area contributed by atoms with E-state index in [9.17, 15) is 5.11 Å². The van der Waals surface area contributed by atoms with Crippen molar-refractivity contribution >= 4 is 0 Å². The Hall–Kier alpha value is -1.29. The standard InChI is InChI=1S/C11H16N2O2/c1-8-11(14)5-10(6-12-8)15-7-9-3-4-13(9)2/h5-6,9,14H,3-4,7H2,1-2H3. The maximum Gasteiger partial charge on any atom is 0.141 e. The lowest BCUT2D eigenvalue weighted by molar-refractivity contribution is 0.0766. The Morgan fingerprint density at radius 3 is 3.00 bits per heavy atom. The molecule has 1 aromatic rings. The van der Waals surface area contributed by atoms with Crippen LogP contribution in [0.4, 0.5) is 0 Å². The van der Waals surface area contributed by atoms with Gasteiger partial charge in [-0.15, -0.1) is 0 Å². The predicted molar refractivity (Wildman–Crippen MR) is 57.2 cm³/mol. The van der Waals surface area contributed by atoms with Crippen LogP contribution in [0.5, 0.6) is 11.5 Å². The molecule has 15 heavy (non-hydrogen) atoms. The molecule has 4 heteroatoms. The van der Waals surface area contributed by atoms with E-state index in [0.29, 0.717) is 24.1 Å². The third-order valence-electron chi connectivity index (χ3n) is 2.92. The third-order valence-corrected chi connectivity index (χ3v) is 2.92. The van der Waals surface area contributed by atoms with Gasteiger partial charge in [-0.25, -0.2) is 0 Å². The van der Waals surface area contributed by atoms with Crippen molar-refractivity contribution in [2.75, 3.05) is 20.2 Å². The normalized spacial score (nSPS) is 21.1. The zero-order valence-corrected chi connectivity index (χ0v) is 9.10. The van der Waals surface area contributed by atoms with Gasteiger partial charge in [0.15, 0.2) is 0 Å². The van der Waals surface area contributed by atoms with Gasteiger partial charge in [-0.2, -0.15) is 0 Å². The lowest BCUT2D eigenvalue weighted by Crippen LogP contribution is -2.48. The molecule has 0 bridgehead atoms. The van der Waals surface area contributed by atoms with E-state index in [1.165, 1.54) is 6.42 Å². The van der Waals surface area contributed by atoms with Gasteiger partial charge >= 0.3 is 0 Å². The summed E-state index contributed by atoms with van der Waals surface area (Å²) >= 11 is 0. The number of hydrogen-bond donors (Lipinski definition) is 1. The van der Waals surface area contributed by atoms with Crippen molar-refractivity contribution in [2.45, 2.75) is 19.4 Å². The van der Waals surface area contributed by atoms with E-state index in [2.05, 4.69) is 16.9 Å². The van der Waals surface area contributed by atoms with Gasteiger partial charge in [0.2, 0.25) is 0 Å². The molecule has 1 aliphatic rings. The monoisotopic (exact) mass is 208 g/mol. The highest BCUT2D eigenvalue weighted by Gasteiger charge is 2.24. The number of aromatic nitrogens is 1. The molecule has 2 rings (SSSR count). The van der Waals surface area contributed by atoms with E-state index in [1.807, 2.05) is 0 Å². The summed E-state index contributed by atoms with van der Waals surface area (Å²) in [7, 11) is 2.09. The van der Waals surface area contributed by atoms with Crippen LogP contribution in [0.1, 0.15) is 12.1 Å². The van der Waals surface area contributed by atoms with Gasteiger partial charge in [-0.3, -0.25) is 9.88 Å². The quantitative estimate of drug-likeness (QED) is 0.810. The summed E-state index contributed by atoms with van der Waals surface area (Å²) in [5, 5.41) is 9.44. The van der Waals surface area contributed by atoms with Crippen LogP contribution in [0, 0.1) is 6.92 Å². The highest BCUT2D eigenvalue weighted by atomic mass is 16.5. The van der Waals surface area contributed by atoms with E-state index in [1.54, 1.807) is 19.2 Å². The molecule has 1 unspecified atom stereocenters. The van der Waals surface area contributed by atoms with Crippen molar-refractivity contribution in [3.8, 4) is 11.5 Å². The molecule has 0 aromatic carbocycles. The smallest absolute Gasteiger partial charge is 0.141 e. The molecule has 1 N–H and O–H groups in total. The minimum absolute atomic E-state index is 0.189. The topological polar surface area (TPSA) is 45.6 Å². The summed E-state index contributed by atoms with van der Waals surface area (Å²) in [5.41, 5.74) is 0.628. The lowest BCUT2D eigenvalue weighted by atomic mass is 10.1. The number of nitrogens with zero attached hydrogens (tertiary/aromatic N) is 2. The van der Waals surface area contributed by atoms with Crippen LogP contribution in [0.15, 0.2) is 12.3 Å². The molecular formula is C11H16N2O2. The van der Waals surface area contributed by atoms with Crippen LogP contribution in [0.2, 0.25) is 0 Å². The molecule has 2 heterocycles. The van der Waals surface area contributed by atoms with E-state index in [4.69, 9.17) is 4.74 Å². The van der Waals surface area contributed by atoms with Crippen molar-refractivity contribution in [2.24, 2.45) is 0 Å². The van der Waals surface area contributed by atoms with Crippen LogP contribution in [0.3, 0.4) is 0 Å². The van der Waals surface area contributed by atoms with Crippen molar-refractivity contribution < 1.29 is 9.84 Å². The van der Waals surface area contributed by atoms with E-state index >= 15 is 0 Å². The van der Waals surface area contributed by atoms with Gasteiger partial charge in [-0.1, -0.05) is 0 Å². The molecular weight excluding hydrogens is 192 g/mol. The first-order valence-corrected chi connectivity index (χ1v) is 5.15. The lowest BCUT2D eigenvalue weighted by Gasteiger charge is -2.37. The predicted octanol–water partition coefficient (Wildman–Crippen LogP) is 1.18. The summed E-state index contributed by atoms with van der Waals surface area (Å²) in [4.78, 5) is 6.28. The Morgan fingerprint density at radius 1 is 1.67 bits per heavy atom. The zero-order valence-electron chi connectivity index (χ0n) is 9.10. The molecule has 1 aliphatic heterocycles. The summed E-state index contributed by atoms with van der Waals surface area (Å²) in [6.07, 6.45) is 2.83. The molecule has 0 aliphatic carbocycles. The molecule has 4 nitrogen and oxygen atoms in total. The number of aromatic hydroxyl groups is 1. The van der Waals surface area contributed by atoms with E-state index in [0.717, 1.165) is 6.54 Å².